The summed E-state index contributed by atoms with van der Waals surface area (Å²) < 4.78 is 20.0. The van der Waals surface area contributed by atoms with E-state index in [1.54, 1.807) is 19.1 Å². The van der Waals surface area contributed by atoms with Crippen LogP contribution in [0.1, 0.15) is 21.7 Å². The van der Waals surface area contributed by atoms with Gasteiger partial charge in [0.2, 0.25) is 5.78 Å². The SMILES string of the molecule is Cc1c(C(=O)c2ccc(Br)cc2F)oc2ccccc12. The van der Waals surface area contributed by atoms with Crippen molar-refractivity contribution in [1.29, 1.82) is 0 Å². The molecule has 0 fully saturated rings. The van der Waals surface area contributed by atoms with Crippen LogP contribution in [-0.2, 0) is 0 Å². The van der Waals surface area contributed by atoms with Gasteiger partial charge in [-0.1, -0.05) is 34.1 Å². The number of aryl methyl sites for hydroxylation is 1. The summed E-state index contributed by atoms with van der Waals surface area (Å²) >= 11 is 3.17. The fourth-order valence-electron chi connectivity index (χ4n) is 2.19. The number of para-hydroxylation sites is 1. The van der Waals surface area contributed by atoms with Crippen LogP contribution in [0.4, 0.5) is 4.39 Å². The summed E-state index contributed by atoms with van der Waals surface area (Å²) in [6, 6.07) is 11.7. The van der Waals surface area contributed by atoms with Crippen molar-refractivity contribution >= 4 is 32.7 Å². The predicted octanol–water partition coefficient (Wildman–Crippen LogP) is 4.87. The molecule has 3 rings (SSSR count). The highest BCUT2D eigenvalue weighted by Crippen LogP contribution is 2.28. The summed E-state index contributed by atoms with van der Waals surface area (Å²) in [5.74, 6) is -0.819. The Morgan fingerprint density at radius 2 is 1.95 bits per heavy atom. The number of carbonyl (C=O) groups is 1. The summed E-state index contributed by atoms with van der Waals surface area (Å²) in [6.45, 7) is 1.80. The molecule has 0 radical (unpaired) electrons. The van der Waals surface area contributed by atoms with Crippen LogP contribution < -0.4 is 0 Å². The van der Waals surface area contributed by atoms with Crippen molar-refractivity contribution in [2.24, 2.45) is 0 Å². The third kappa shape index (κ3) is 2.06. The van der Waals surface area contributed by atoms with Crippen LogP contribution in [0.3, 0.4) is 0 Å². The van der Waals surface area contributed by atoms with Crippen molar-refractivity contribution in [1.82, 2.24) is 0 Å². The van der Waals surface area contributed by atoms with Crippen molar-refractivity contribution in [3.63, 3.8) is 0 Å². The molecule has 100 valence electrons. The molecule has 0 unspecified atom stereocenters. The van der Waals surface area contributed by atoms with Gasteiger partial charge in [-0.15, -0.1) is 0 Å². The first-order chi connectivity index (χ1) is 9.58. The molecule has 3 aromatic rings. The zero-order valence-corrected chi connectivity index (χ0v) is 12.2. The van der Waals surface area contributed by atoms with Crippen molar-refractivity contribution < 1.29 is 13.6 Å². The average Bonchev–Trinajstić information content (AvgIpc) is 2.76. The van der Waals surface area contributed by atoms with E-state index in [9.17, 15) is 9.18 Å². The molecule has 1 heterocycles. The lowest BCUT2D eigenvalue weighted by molar-refractivity contribution is 0.101. The molecule has 0 bridgehead atoms. The fourth-order valence-corrected chi connectivity index (χ4v) is 2.52. The summed E-state index contributed by atoms with van der Waals surface area (Å²) in [6.07, 6.45) is 0. The normalized spacial score (nSPS) is 10.9. The second-order valence-corrected chi connectivity index (χ2v) is 5.42. The molecular formula is C16H10BrFO2. The standard InChI is InChI=1S/C16H10BrFO2/c1-9-11-4-2-3-5-14(11)20-16(9)15(19)12-7-6-10(17)8-13(12)18/h2-8H,1H3. The molecule has 0 atom stereocenters. The average molecular weight is 333 g/mol. The van der Waals surface area contributed by atoms with Gasteiger partial charge in [-0.3, -0.25) is 4.79 Å². The van der Waals surface area contributed by atoms with E-state index in [1.165, 1.54) is 12.1 Å². The largest absolute Gasteiger partial charge is 0.452 e. The Hall–Kier alpha value is -1.94. The zero-order chi connectivity index (χ0) is 14.3. The number of hydrogen-bond acceptors (Lipinski definition) is 2. The Labute approximate surface area is 123 Å². The van der Waals surface area contributed by atoms with E-state index in [0.717, 1.165) is 10.9 Å². The lowest BCUT2D eigenvalue weighted by Crippen LogP contribution is -2.04. The molecule has 4 heteroatoms. The number of fused-ring (bicyclic) bond motifs is 1. The van der Waals surface area contributed by atoms with Crippen molar-refractivity contribution in [2.75, 3.05) is 0 Å². The molecule has 0 spiro atoms. The second kappa shape index (κ2) is 4.87. The second-order valence-electron chi connectivity index (χ2n) is 4.51. The number of furan rings is 1. The van der Waals surface area contributed by atoms with E-state index in [2.05, 4.69) is 15.9 Å². The predicted molar refractivity (Wildman–Crippen MR) is 78.5 cm³/mol. The molecule has 1 aromatic heterocycles. The van der Waals surface area contributed by atoms with Gasteiger partial charge in [-0.25, -0.2) is 4.39 Å². The smallest absolute Gasteiger partial charge is 0.231 e. The molecular weight excluding hydrogens is 323 g/mol. The molecule has 20 heavy (non-hydrogen) atoms. The number of halogens is 2. The van der Waals surface area contributed by atoms with Gasteiger partial charge in [-0.2, -0.15) is 0 Å². The Balaban J connectivity index is 2.15. The minimum atomic E-state index is -0.566. The number of ketones is 1. The lowest BCUT2D eigenvalue weighted by atomic mass is 10.0. The van der Waals surface area contributed by atoms with Crippen molar-refractivity contribution in [2.45, 2.75) is 6.92 Å². The lowest BCUT2D eigenvalue weighted by Gasteiger charge is -2.01. The third-order valence-corrected chi connectivity index (χ3v) is 3.72. The highest BCUT2D eigenvalue weighted by molar-refractivity contribution is 9.10. The topological polar surface area (TPSA) is 30.2 Å². The highest BCUT2D eigenvalue weighted by Gasteiger charge is 2.21. The Morgan fingerprint density at radius 1 is 1.20 bits per heavy atom. The van der Waals surface area contributed by atoms with Crippen LogP contribution in [0, 0.1) is 12.7 Å². The first-order valence-corrected chi connectivity index (χ1v) is 6.85. The maximum Gasteiger partial charge on any atom is 0.231 e. The molecule has 0 aliphatic rings. The van der Waals surface area contributed by atoms with Crippen LogP contribution >= 0.6 is 15.9 Å². The van der Waals surface area contributed by atoms with E-state index in [-0.39, 0.29) is 11.3 Å². The molecule has 0 N–H and O–H groups in total. The highest BCUT2D eigenvalue weighted by atomic mass is 79.9. The van der Waals surface area contributed by atoms with E-state index < -0.39 is 11.6 Å². The van der Waals surface area contributed by atoms with Crippen LogP contribution in [0.5, 0.6) is 0 Å². The molecule has 0 saturated carbocycles. The first-order valence-electron chi connectivity index (χ1n) is 6.06. The molecule has 2 aromatic carbocycles. The number of hydrogen-bond donors (Lipinski definition) is 0. The monoisotopic (exact) mass is 332 g/mol. The fraction of sp³-hybridized carbons (Fsp3) is 0.0625. The Morgan fingerprint density at radius 3 is 2.65 bits per heavy atom. The van der Waals surface area contributed by atoms with E-state index >= 15 is 0 Å². The van der Waals surface area contributed by atoms with Gasteiger partial charge in [0, 0.05) is 15.4 Å². The van der Waals surface area contributed by atoms with Gasteiger partial charge in [0.25, 0.3) is 0 Å². The Bertz CT molecular complexity index is 820. The Kier molecular flexibility index (Phi) is 3.18. The van der Waals surface area contributed by atoms with Gasteiger partial charge in [0.1, 0.15) is 11.4 Å². The zero-order valence-electron chi connectivity index (χ0n) is 10.6. The van der Waals surface area contributed by atoms with Gasteiger partial charge in [0.05, 0.1) is 5.56 Å². The van der Waals surface area contributed by atoms with E-state index in [1.807, 2.05) is 18.2 Å². The minimum absolute atomic E-state index is 0.00959. The third-order valence-electron chi connectivity index (χ3n) is 3.23. The van der Waals surface area contributed by atoms with Crippen LogP contribution in [0.2, 0.25) is 0 Å². The summed E-state index contributed by atoms with van der Waals surface area (Å²) in [7, 11) is 0. The molecule has 0 aliphatic heterocycles. The van der Waals surface area contributed by atoms with Crippen LogP contribution in [-0.4, -0.2) is 5.78 Å². The summed E-state index contributed by atoms with van der Waals surface area (Å²) in [4.78, 5) is 12.4. The molecule has 0 amide bonds. The first kappa shape index (κ1) is 13.1. The maximum absolute atomic E-state index is 13.9. The summed E-state index contributed by atoms with van der Waals surface area (Å²) in [5, 5.41) is 0.869. The van der Waals surface area contributed by atoms with Gasteiger partial charge >= 0.3 is 0 Å². The quantitative estimate of drug-likeness (QED) is 0.626. The van der Waals surface area contributed by atoms with Gasteiger partial charge in [-0.05, 0) is 31.2 Å². The molecule has 0 aliphatic carbocycles. The number of carbonyl (C=O) groups excluding carboxylic acids is 1. The van der Waals surface area contributed by atoms with E-state index in [0.29, 0.717) is 10.1 Å². The van der Waals surface area contributed by atoms with Crippen LogP contribution in [0.15, 0.2) is 51.4 Å². The van der Waals surface area contributed by atoms with Gasteiger partial charge < -0.3 is 4.42 Å². The number of rotatable bonds is 2. The molecule has 0 saturated heterocycles. The van der Waals surface area contributed by atoms with Gasteiger partial charge in [0.15, 0.2) is 5.76 Å². The molecule has 2 nitrogen and oxygen atoms in total. The van der Waals surface area contributed by atoms with Crippen molar-refractivity contribution in [3.8, 4) is 0 Å². The number of benzene rings is 2. The maximum atomic E-state index is 13.9. The van der Waals surface area contributed by atoms with Crippen LogP contribution in [0.25, 0.3) is 11.0 Å². The van der Waals surface area contributed by atoms with E-state index in [4.69, 9.17) is 4.42 Å². The minimum Gasteiger partial charge on any atom is -0.452 e. The van der Waals surface area contributed by atoms with Crippen molar-refractivity contribution in [3.05, 3.63) is 69.6 Å². The summed E-state index contributed by atoms with van der Waals surface area (Å²) in [5.41, 5.74) is 1.37.